The van der Waals surface area contributed by atoms with Crippen LogP contribution < -0.4 is 19.5 Å². The van der Waals surface area contributed by atoms with Crippen LogP contribution in [0.3, 0.4) is 0 Å². The third-order valence-electron chi connectivity index (χ3n) is 5.75. The normalized spacial score (nSPS) is 15.8. The van der Waals surface area contributed by atoms with Crippen molar-refractivity contribution in [3.63, 3.8) is 0 Å². The molecule has 2 aromatic carbocycles. The minimum atomic E-state index is -0.128. The molecule has 2 amide bonds. The maximum atomic E-state index is 12.6. The Hall–Kier alpha value is -3.22. The number of hydrogen-bond donors (Lipinski definition) is 1. The number of carbonyl (C=O) groups excluding carboxylic acids is 2. The first-order valence-corrected chi connectivity index (χ1v) is 10.7. The number of nitrogens with one attached hydrogen (secondary N) is 1. The van der Waals surface area contributed by atoms with E-state index in [1.165, 1.54) is 0 Å². The van der Waals surface area contributed by atoms with Crippen LogP contribution in [-0.4, -0.2) is 43.2 Å². The van der Waals surface area contributed by atoms with Crippen LogP contribution in [-0.2, 0) is 9.59 Å². The molecule has 0 bridgehead atoms. The molecule has 7 nitrogen and oxygen atoms in total. The number of benzene rings is 2. The average molecular weight is 424 g/mol. The summed E-state index contributed by atoms with van der Waals surface area (Å²) >= 11 is 0. The lowest BCUT2D eigenvalue weighted by atomic mass is 9.95. The predicted octanol–water partition coefficient (Wildman–Crippen LogP) is 3.79. The van der Waals surface area contributed by atoms with Crippen LogP contribution in [0.1, 0.15) is 38.2 Å². The van der Waals surface area contributed by atoms with E-state index in [0.717, 1.165) is 11.3 Å². The summed E-state index contributed by atoms with van der Waals surface area (Å²) in [5, 5.41) is 2.95. The maximum absolute atomic E-state index is 12.6. The molecule has 1 fully saturated rings. The van der Waals surface area contributed by atoms with Crippen molar-refractivity contribution in [2.24, 2.45) is 5.92 Å². The molecule has 2 aliphatic heterocycles. The number of likely N-dealkylation sites (tertiary alicyclic amines) is 1. The van der Waals surface area contributed by atoms with Gasteiger partial charge in [-0.3, -0.25) is 9.59 Å². The number of piperidine rings is 1. The zero-order valence-corrected chi connectivity index (χ0v) is 17.9. The molecule has 0 aromatic heterocycles. The molecule has 2 aromatic rings. The van der Waals surface area contributed by atoms with Crippen molar-refractivity contribution in [3.8, 4) is 17.2 Å². The molecule has 2 aliphatic rings. The number of anilines is 1. The molecule has 4 rings (SSSR count). The standard InChI is InChI=1S/C24H28N2O5/c1-16(2)19-5-3-4-6-20(19)29-14-23(27)26-11-9-17(10-12-26)24(28)25-18-7-8-21-22(13-18)31-15-30-21/h3-8,13,16-17H,9-12,14-15H2,1-2H3,(H,25,28). The lowest BCUT2D eigenvalue weighted by Crippen LogP contribution is -2.43. The van der Waals surface area contributed by atoms with Crippen LogP contribution in [0.15, 0.2) is 42.5 Å². The van der Waals surface area contributed by atoms with Crippen molar-refractivity contribution < 1.29 is 23.8 Å². The van der Waals surface area contributed by atoms with Gasteiger partial charge >= 0.3 is 0 Å². The first kappa shape index (κ1) is 21.0. The van der Waals surface area contributed by atoms with E-state index in [1.807, 2.05) is 24.3 Å². The van der Waals surface area contributed by atoms with Gasteiger partial charge < -0.3 is 24.4 Å². The summed E-state index contributed by atoms with van der Waals surface area (Å²) in [4.78, 5) is 27.0. The molecule has 0 saturated carbocycles. The number of hydrogen-bond acceptors (Lipinski definition) is 5. The summed E-state index contributed by atoms with van der Waals surface area (Å²) in [6.07, 6.45) is 1.26. The van der Waals surface area contributed by atoms with Crippen LogP contribution in [0, 0.1) is 5.92 Å². The summed E-state index contributed by atoms with van der Waals surface area (Å²) in [6, 6.07) is 13.2. The highest BCUT2D eigenvalue weighted by Gasteiger charge is 2.28. The van der Waals surface area contributed by atoms with Gasteiger partial charge in [-0.2, -0.15) is 0 Å². The van der Waals surface area contributed by atoms with Crippen molar-refractivity contribution in [1.29, 1.82) is 0 Å². The molecule has 0 aliphatic carbocycles. The van der Waals surface area contributed by atoms with Gasteiger partial charge in [-0.15, -0.1) is 0 Å². The van der Waals surface area contributed by atoms with Crippen LogP contribution in [0.4, 0.5) is 5.69 Å². The number of fused-ring (bicyclic) bond motifs is 1. The van der Waals surface area contributed by atoms with Crippen molar-refractivity contribution in [2.75, 3.05) is 31.8 Å². The predicted molar refractivity (Wildman–Crippen MR) is 117 cm³/mol. The van der Waals surface area contributed by atoms with Gasteiger partial charge in [-0.1, -0.05) is 32.0 Å². The number of ether oxygens (including phenoxy) is 3. The Morgan fingerprint density at radius 3 is 2.61 bits per heavy atom. The monoisotopic (exact) mass is 424 g/mol. The molecule has 164 valence electrons. The van der Waals surface area contributed by atoms with Gasteiger partial charge in [0.15, 0.2) is 18.1 Å². The topological polar surface area (TPSA) is 77.1 Å². The van der Waals surface area contributed by atoms with E-state index in [0.29, 0.717) is 49.0 Å². The second-order valence-corrected chi connectivity index (χ2v) is 8.19. The lowest BCUT2D eigenvalue weighted by molar-refractivity contribution is -0.136. The quantitative estimate of drug-likeness (QED) is 0.763. The Bertz CT molecular complexity index is 951. The van der Waals surface area contributed by atoms with E-state index >= 15 is 0 Å². The van der Waals surface area contributed by atoms with Crippen LogP contribution >= 0.6 is 0 Å². The SMILES string of the molecule is CC(C)c1ccccc1OCC(=O)N1CCC(C(=O)Nc2ccc3c(c2)OCO3)CC1. The van der Waals surface area contributed by atoms with E-state index in [9.17, 15) is 9.59 Å². The van der Waals surface area contributed by atoms with Gasteiger partial charge in [-0.25, -0.2) is 0 Å². The fourth-order valence-corrected chi connectivity index (χ4v) is 3.93. The molecule has 0 spiro atoms. The van der Waals surface area contributed by atoms with Gasteiger partial charge in [0.05, 0.1) is 0 Å². The molecule has 0 radical (unpaired) electrons. The Labute approximate surface area is 182 Å². The van der Waals surface area contributed by atoms with E-state index in [4.69, 9.17) is 14.2 Å². The maximum Gasteiger partial charge on any atom is 0.260 e. The Morgan fingerprint density at radius 1 is 1.10 bits per heavy atom. The molecule has 1 saturated heterocycles. The van der Waals surface area contributed by atoms with Crippen molar-refractivity contribution in [3.05, 3.63) is 48.0 Å². The zero-order valence-electron chi connectivity index (χ0n) is 17.9. The molecule has 31 heavy (non-hydrogen) atoms. The third-order valence-corrected chi connectivity index (χ3v) is 5.75. The number of para-hydroxylation sites is 1. The molecular formula is C24H28N2O5. The smallest absolute Gasteiger partial charge is 0.260 e. The highest BCUT2D eigenvalue weighted by atomic mass is 16.7. The number of rotatable bonds is 6. The summed E-state index contributed by atoms with van der Waals surface area (Å²) in [5.74, 6) is 2.19. The van der Waals surface area contributed by atoms with Crippen molar-refractivity contribution in [1.82, 2.24) is 4.90 Å². The molecule has 2 heterocycles. The first-order valence-electron chi connectivity index (χ1n) is 10.7. The van der Waals surface area contributed by atoms with Gasteiger partial charge in [0.1, 0.15) is 5.75 Å². The summed E-state index contributed by atoms with van der Waals surface area (Å²) < 4.78 is 16.5. The molecule has 1 N–H and O–H groups in total. The number of nitrogens with zero attached hydrogens (tertiary/aromatic N) is 1. The second-order valence-electron chi connectivity index (χ2n) is 8.19. The Balaban J connectivity index is 1.25. The van der Waals surface area contributed by atoms with E-state index in [2.05, 4.69) is 19.2 Å². The highest BCUT2D eigenvalue weighted by Crippen LogP contribution is 2.34. The Morgan fingerprint density at radius 2 is 1.84 bits per heavy atom. The molecule has 7 heteroatoms. The summed E-state index contributed by atoms with van der Waals surface area (Å²) in [5.41, 5.74) is 1.78. The molecule has 0 unspecified atom stereocenters. The third kappa shape index (κ3) is 4.93. The Kier molecular flexibility index (Phi) is 6.30. The zero-order chi connectivity index (χ0) is 21.8. The summed E-state index contributed by atoms with van der Waals surface area (Å²) in [6.45, 7) is 5.51. The van der Waals surface area contributed by atoms with E-state index in [1.54, 1.807) is 23.1 Å². The van der Waals surface area contributed by atoms with Crippen molar-refractivity contribution in [2.45, 2.75) is 32.6 Å². The minimum absolute atomic E-state index is 0.0117. The lowest BCUT2D eigenvalue weighted by Gasteiger charge is -2.31. The first-order chi connectivity index (χ1) is 15.0. The van der Waals surface area contributed by atoms with Gasteiger partial charge in [0.25, 0.3) is 5.91 Å². The minimum Gasteiger partial charge on any atom is -0.483 e. The molecule has 0 atom stereocenters. The van der Waals surface area contributed by atoms with Crippen LogP contribution in [0.25, 0.3) is 0 Å². The van der Waals surface area contributed by atoms with E-state index in [-0.39, 0.29) is 31.1 Å². The van der Waals surface area contributed by atoms with Crippen molar-refractivity contribution >= 4 is 17.5 Å². The molecular weight excluding hydrogens is 396 g/mol. The number of carbonyl (C=O) groups is 2. The number of amides is 2. The average Bonchev–Trinajstić information content (AvgIpc) is 3.25. The second kappa shape index (κ2) is 9.29. The van der Waals surface area contributed by atoms with Crippen LogP contribution in [0.5, 0.6) is 17.2 Å². The van der Waals surface area contributed by atoms with E-state index < -0.39 is 0 Å². The highest BCUT2D eigenvalue weighted by molar-refractivity contribution is 5.93. The van der Waals surface area contributed by atoms with Gasteiger partial charge in [0, 0.05) is 30.8 Å². The van der Waals surface area contributed by atoms with Crippen LogP contribution in [0.2, 0.25) is 0 Å². The van der Waals surface area contributed by atoms with Gasteiger partial charge in [-0.05, 0) is 42.5 Å². The fourth-order valence-electron chi connectivity index (χ4n) is 3.93. The summed E-state index contributed by atoms with van der Waals surface area (Å²) in [7, 11) is 0. The largest absolute Gasteiger partial charge is 0.483 e. The fraction of sp³-hybridized carbons (Fsp3) is 0.417. The van der Waals surface area contributed by atoms with Gasteiger partial charge in [0.2, 0.25) is 12.7 Å².